The fourth-order valence-corrected chi connectivity index (χ4v) is 2.34. The number of carbonyl (C=O) groups is 2. The molecule has 2 amide bonds. The number of carbonyl (C=O) groups excluding carboxylic acids is 2. The van der Waals surface area contributed by atoms with Crippen molar-refractivity contribution in [2.24, 2.45) is 21.7 Å². The standard InChI is InChI=1S/C23H47N3O2/c1-20(2,3)22(7,8)18(27)24-14-12-16-26(11)17-13-15-25-19(28)23(9,10)21(4,5)6/h12-17H2,1-11H3,(H,24,27)(H,25,28). The Morgan fingerprint density at radius 1 is 0.643 bits per heavy atom. The number of hydrogen-bond donors (Lipinski definition) is 2. The Kier molecular flexibility index (Phi) is 9.69. The van der Waals surface area contributed by atoms with E-state index in [2.05, 4.69) is 64.1 Å². The van der Waals surface area contributed by atoms with E-state index in [0.29, 0.717) is 13.1 Å². The lowest BCUT2D eigenvalue weighted by Gasteiger charge is -2.37. The highest BCUT2D eigenvalue weighted by atomic mass is 16.2. The summed E-state index contributed by atoms with van der Waals surface area (Å²) < 4.78 is 0. The summed E-state index contributed by atoms with van der Waals surface area (Å²) in [5.41, 5.74) is -0.921. The zero-order valence-corrected chi connectivity index (χ0v) is 20.5. The maximum absolute atomic E-state index is 12.4. The van der Waals surface area contributed by atoms with E-state index in [4.69, 9.17) is 0 Å². The zero-order valence-electron chi connectivity index (χ0n) is 20.5. The molecule has 0 aliphatic rings. The Balaban J connectivity index is 4.06. The SMILES string of the molecule is CN(CCCNC(=O)C(C)(C)C(C)(C)C)CCCNC(=O)C(C)(C)C(C)(C)C. The van der Waals surface area contributed by atoms with Crippen molar-refractivity contribution in [2.75, 3.05) is 33.2 Å². The highest BCUT2D eigenvalue weighted by Gasteiger charge is 2.40. The largest absolute Gasteiger partial charge is 0.356 e. The van der Waals surface area contributed by atoms with Gasteiger partial charge >= 0.3 is 0 Å². The number of nitrogens with zero attached hydrogens (tertiary/aromatic N) is 1. The number of rotatable bonds is 10. The fraction of sp³-hybridized carbons (Fsp3) is 0.913. The third-order valence-corrected chi connectivity index (χ3v) is 6.89. The van der Waals surface area contributed by atoms with Crippen LogP contribution >= 0.6 is 0 Å². The van der Waals surface area contributed by atoms with Crippen LogP contribution in [0.15, 0.2) is 0 Å². The summed E-state index contributed by atoms with van der Waals surface area (Å²) in [4.78, 5) is 27.1. The van der Waals surface area contributed by atoms with E-state index < -0.39 is 10.8 Å². The smallest absolute Gasteiger partial charge is 0.226 e. The molecule has 2 N–H and O–H groups in total. The summed E-state index contributed by atoms with van der Waals surface area (Å²) in [6, 6.07) is 0. The summed E-state index contributed by atoms with van der Waals surface area (Å²) in [5, 5.41) is 6.15. The van der Waals surface area contributed by atoms with Crippen LogP contribution in [-0.2, 0) is 9.59 Å². The highest BCUT2D eigenvalue weighted by Crippen LogP contribution is 2.38. The lowest BCUT2D eigenvalue weighted by atomic mass is 9.69. The quantitative estimate of drug-likeness (QED) is 0.546. The minimum absolute atomic E-state index is 0.0696. The molecule has 0 heterocycles. The van der Waals surface area contributed by atoms with Crippen LogP contribution in [0.5, 0.6) is 0 Å². The molecule has 0 aromatic carbocycles. The number of hydrogen-bond acceptors (Lipinski definition) is 3. The predicted octanol–water partition coefficient (Wildman–Crippen LogP) is 4.08. The van der Waals surface area contributed by atoms with Crippen LogP contribution in [0.3, 0.4) is 0 Å². The molecule has 0 fully saturated rings. The molecule has 0 saturated heterocycles. The summed E-state index contributed by atoms with van der Waals surface area (Å²) in [6.07, 6.45) is 1.84. The minimum Gasteiger partial charge on any atom is -0.356 e. The van der Waals surface area contributed by atoms with Gasteiger partial charge in [0.1, 0.15) is 0 Å². The van der Waals surface area contributed by atoms with Gasteiger partial charge in [0, 0.05) is 23.9 Å². The summed E-state index contributed by atoms with van der Waals surface area (Å²) in [6.45, 7) is 23.9. The molecule has 166 valence electrons. The fourth-order valence-electron chi connectivity index (χ4n) is 2.34. The van der Waals surface area contributed by atoms with Gasteiger partial charge in [0.2, 0.25) is 11.8 Å². The van der Waals surface area contributed by atoms with Crippen LogP contribution in [0, 0.1) is 21.7 Å². The van der Waals surface area contributed by atoms with E-state index in [1.807, 2.05) is 27.7 Å². The topological polar surface area (TPSA) is 61.4 Å². The van der Waals surface area contributed by atoms with Gasteiger partial charge in [-0.3, -0.25) is 9.59 Å². The van der Waals surface area contributed by atoms with Gasteiger partial charge in [-0.2, -0.15) is 0 Å². The first-order valence-electron chi connectivity index (χ1n) is 10.7. The van der Waals surface area contributed by atoms with Crippen LogP contribution in [0.2, 0.25) is 0 Å². The van der Waals surface area contributed by atoms with Gasteiger partial charge in [0.15, 0.2) is 0 Å². The maximum Gasteiger partial charge on any atom is 0.226 e. The van der Waals surface area contributed by atoms with E-state index in [-0.39, 0.29) is 22.6 Å². The third kappa shape index (κ3) is 7.73. The molecule has 28 heavy (non-hydrogen) atoms. The Morgan fingerprint density at radius 2 is 0.929 bits per heavy atom. The Bertz CT molecular complexity index is 465. The van der Waals surface area contributed by atoms with Gasteiger partial charge in [0.05, 0.1) is 0 Å². The second kappa shape index (κ2) is 10.1. The van der Waals surface area contributed by atoms with Crippen LogP contribution in [-0.4, -0.2) is 49.9 Å². The number of nitrogens with one attached hydrogen (secondary N) is 2. The molecule has 0 aromatic heterocycles. The molecule has 0 aromatic rings. The van der Waals surface area contributed by atoms with Crippen LogP contribution < -0.4 is 10.6 Å². The van der Waals surface area contributed by atoms with E-state index in [0.717, 1.165) is 25.9 Å². The summed E-state index contributed by atoms with van der Waals surface area (Å²) in [5.74, 6) is 0.235. The molecule has 5 nitrogen and oxygen atoms in total. The van der Waals surface area contributed by atoms with Crippen molar-refractivity contribution >= 4 is 11.8 Å². The first kappa shape index (κ1) is 26.9. The van der Waals surface area contributed by atoms with Crippen LogP contribution in [0.1, 0.15) is 82.1 Å². The van der Waals surface area contributed by atoms with Gasteiger partial charge < -0.3 is 15.5 Å². The first-order chi connectivity index (χ1) is 12.4. The molecule has 0 bridgehead atoms. The molecule has 0 atom stereocenters. The minimum atomic E-state index is -0.391. The number of amides is 2. The van der Waals surface area contributed by atoms with Crippen molar-refractivity contribution < 1.29 is 9.59 Å². The van der Waals surface area contributed by atoms with E-state index in [1.165, 1.54) is 0 Å². The molecule has 0 unspecified atom stereocenters. The van der Waals surface area contributed by atoms with Gasteiger partial charge in [-0.05, 0) is 43.8 Å². The van der Waals surface area contributed by atoms with E-state index in [9.17, 15) is 9.59 Å². The normalized spacial score (nSPS) is 13.6. The molecule has 0 saturated carbocycles. The molecular weight excluding hydrogens is 350 g/mol. The predicted molar refractivity (Wildman–Crippen MR) is 119 cm³/mol. The molecule has 0 rings (SSSR count). The second-order valence-electron chi connectivity index (χ2n) is 11.3. The molecular formula is C23H47N3O2. The monoisotopic (exact) mass is 397 g/mol. The van der Waals surface area contributed by atoms with Crippen LogP contribution in [0.25, 0.3) is 0 Å². The summed E-state index contributed by atoms with van der Waals surface area (Å²) in [7, 11) is 2.09. The van der Waals surface area contributed by atoms with E-state index in [1.54, 1.807) is 0 Å². The van der Waals surface area contributed by atoms with Gasteiger partial charge in [0.25, 0.3) is 0 Å². The lowest BCUT2D eigenvalue weighted by Crippen LogP contribution is -2.46. The lowest BCUT2D eigenvalue weighted by molar-refractivity contribution is -0.135. The average molecular weight is 398 g/mol. The van der Waals surface area contributed by atoms with Gasteiger partial charge in [-0.25, -0.2) is 0 Å². The molecule has 0 aliphatic heterocycles. The Morgan fingerprint density at radius 3 is 1.18 bits per heavy atom. The first-order valence-corrected chi connectivity index (χ1v) is 10.7. The Hall–Kier alpha value is -1.10. The maximum atomic E-state index is 12.4. The third-order valence-electron chi connectivity index (χ3n) is 6.89. The van der Waals surface area contributed by atoms with Gasteiger partial charge in [-0.15, -0.1) is 0 Å². The van der Waals surface area contributed by atoms with Crippen molar-refractivity contribution in [2.45, 2.75) is 82.1 Å². The van der Waals surface area contributed by atoms with Crippen molar-refractivity contribution in [3.05, 3.63) is 0 Å². The average Bonchev–Trinajstić information content (AvgIpc) is 2.52. The second-order valence-corrected chi connectivity index (χ2v) is 11.3. The summed E-state index contributed by atoms with van der Waals surface area (Å²) >= 11 is 0. The van der Waals surface area contributed by atoms with Crippen molar-refractivity contribution in [3.8, 4) is 0 Å². The zero-order chi connectivity index (χ0) is 22.4. The van der Waals surface area contributed by atoms with Crippen molar-refractivity contribution in [1.29, 1.82) is 0 Å². The van der Waals surface area contributed by atoms with Crippen LogP contribution in [0.4, 0.5) is 0 Å². The van der Waals surface area contributed by atoms with E-state index >= 15 is 0 Å². The van der Waals surface area contributed by atoms with Crippen molar-refractivity contribution in [1.82, 2.24) is 15.5 Å². The molecule has 5 heteroatoms. The molecule has 0 aliphatic carbocycles. The highest BCUT2D eigenvalue weighted by molar-refractivity contribution is 5.83. The van der Waals surface area contributed by atoms with Crippen molar-refractivity contribution in [3.63, 3.8) is 0 Å². The molecule has 0 spiro atoms. The Labute approximate surface area is 174 Å². The van der Waals surface area contributed by atoms with Gasteiger partial charge in [-0.1, -0.05) is 69.2 Å². The molecule has 0 radical (unpaired) electrons.